The van der Waals surface area contributed by atoms with Gasteiger partial charge in [-0.1, -0.05) is 6.92 Å². The van der Waals surface area contributed by atoms with Crippen LogP contribution in [0.25, 0.3) is 0 Å². The minimum absolute atomic E-state index is 0.368. The lowest BCUT2D eigenvalue weighted by Gasteiger charge is -2.05. The first-order valence-electron chi connectivity index (χ1n) is 5.08. The topological polar surface area (TPSA) is 65.4 Å². The lowest BCUT2D eigenvalue weighted by molar-refractivity contribution is 0.0590. The SMILES string of the molecule is CCCNc1nc(OC)n(C)c1C(=O)OC. The van der Waals surface area contributed by atoms with Gasteiger partial charge in [0.1, 0.15) is 0 Å². The molecule has 0 aromatic carbocycles. The predicted octanol–water partition coefficient (Wildman–Crippen LogP) is 1.04. The third kappa shape index (κ3) is 2.26. The van der Waals surface area contributed by atoms with Crippen LogP contribution in [0.2, 0.25) is 0 Å². The molecule has 0 aliphatic heterocycles. The molecule has 0 amide bonds. The van der Waals surface area contributed by atoms with Crippen molar-refractivity contribution >= 4 is 11.8 Å². The number of anilines is 1. The molecule has 0 unspecified atom stereocenters. The van der Waals surface area contributed by atoms with Crippen molar-refractivity contribution in [3.8, 4) is 6.01 Å². The van der Waals surface area contributed by atoms with Crippen LogP contribution in [0.15, 0.2) is 0 Å². The van der Waals surface area contributed by atoms with E-state index in [2.05, 4.69) is 10.3 Å². The van der Waals surface area contributed by atoms with Gasteiger partial charge < -0.3 is 14.8 Å². The summed E-state index contributed by atoms with van der Waals surface area (Å²) < 4.78 is 11.3. The van der Waals surface area contributed by atoms with Gasteiger partial charge in [0.15, 0.2) is 11.5 Å². The first-order chi connectivity index (χ1) is 7.65. The molecular weight excluding hydrogens is 210 g/mol. The number of methoxy groups -OCH3 is 2. The molecule has 6 nitrogen and oxygen atoms in total. The largest absolute Gasteiger partial charge is 0.468 e. The number of hydrogen-bond acceptors (Lipinski definition) is 5. The Kier molecular flexibility index (Phi) is 4.16. The molecule has 0 fully saturated rings. The van der Waals surface area contributed by atoms with Crippen molar-refractivity contribution in [1.29, 1.82) is 0 Å². The van der Waals surface area contributed by atoms with Gasteiger partial charge in [0, 0.05) is 13.6 Å². The fraction of sp³-hybridized carbons (Fsp3) is 0.600. The number of imidazole rings is 1. The Morgan fingerprint density at radius 2 is 2.19 bits per heavy atom. The monoisotopic (exact) mass is 227 g/mol. The Morgan fingerprint density at radius 3 is 2.69 bits per heavy atom. The van der Waals surface area contributed by atoms with Gasteiger partial charge in [-0.3, -0.25) is 4.57 Å². The van der Waals surface area contributed by atoms with Crippen LogP contribution >= 0.6 is 0 Å². The molecule has 0 atom stereocenters. The molecule has 0 bridgehead atoms. The summed E-state index contributed by atoms with van der Waals surface area (Å²) in [6.45, 7) is 2.77. The van der Waals surface area contributed by atoms with Crippen LogP contribution in [0.3, 0.4) is 0 Å². The Bertz CT molecular complexity index is 374. The van der Waals surface area contributed by atoms with Crippen molar-refractivity contribution in [1.82, 2.24) is 9.55 Å². The van der Waals surface area contributed by atoms with Gasteiger partial charge in [-0.15, -0.1) is 0 Å². The van der Waals surface area contributed by atoms with E-state index in [1.54, 1.807) is 11.6 Å². The van der Waals surface area contributed by atoms with E-state index < -0.39 is 5.97 Å². The third-order valence-corrected chi connectivity index (χ3v) is 2.16. The van der Waals surface area contributed by atoms with E-state index in [4.69, 9.17) is 9.47 Å². The van der Waals surface area contributed by atoms with Crippen molar-refractivity contribution in [2.24, 2.45) is 7.05 Å². The van der Waals surface area contributed by atoms with Gasteiger partial charge >= 0.3 is 5.97 Å². The van der Waals surface area contributed by atoms with Crippen molar-refractivity contribution in [3.63, 3.8) is 0 Å². The molecule has 0 radical (unpaired) electrons. The summed E-state index contributed by atoms with van der Waals surface area (Å²) in [5.41, 5.74) is 0.368. The molecule has 0 saturated heterocycles. The minimum atomic E-state index is -0.433. The van der Waals surface area contributed by atoms with E-state index in [1.807, 2.05) is 6.92 Å². The molecule has 0 spiro atoms. The number of nitrogens with zero attached hydrogens (tertiary/aromatic N) is 2. The van der Waals surface area contributed by atoms with E-state index in [9.17, 15) is 4.79 Å². The van der Waals surface area contributed by atoms with Crippen LogP contribution in [0.5, 0.6) is 6.01 Å². The fourth-order valence-corrected chi connectivity index (χ4v) is 1.36. The number of carbonyl (C=O) groups excluding carboxylic acids is 1. The van der Waals surface area contributed by atoms with Crippen molar-refractivity contribution in [2.45, 2.75) is 13.3 Å². The molecule has 1 heterocycles. The molecular formula is C10H17N3O3. The normalized spacial score (nSPS) is 10.0. The number of carbonyl (C=O) groups is 1. The quantitative estimate of drug-likeness (QED) is 0.761. The van der Waals surface area contributed by atoms with Crippen molar-refractivity contribution < 1.29 is 14.3 Å². The summed E-state index contributed by atoms with van der Waals surface area (Å²) in [5.74, 6) is 0.0601. The van der Waals surface area contributed by atoms with Crippen LogP contribution in [0, 0.1) is 0 Å². The Labute approximate surface area is 94.6 Å². The van der Waals surface area contributed by atoms with Crippen LogP contribution in [-0.4, -0.2) is 36.3 Å². The molecule has 1 rings (SSSR count). The lowest BCUT2D eigenvalue weighted by atomic mass is 10.4. The smallest absolute Gasteiger partial charge is 0.358 e. The maximum atomic E-state index is 11.6. The van der Waals surface area contributed by atoms with Gasteiger partial charge in [0.25, 0.3) is 6.01 Å². The summed E-state index contributed by atoms with van der Waals surface area (Å²) in [6, 6.07) is 0.374. The number of aromatic nitrogens is 2. The number of hydrogen-bond donors (Lipinski definition) is 1. The standard InChI is InChI=1S/C10H17N3O3/c1-5-6-11-8-7(9(14)15-3)13(2)10(12-8)16-4/h11H,5-6H2,1-4H3. The van der Waals surface area contributed by atoms with Crippen molar-refractivity contribution in [3.05, 3.63) is 5.69 Å². The molecule has 6 heteroatoms. The number of esters is 1. The molecule has 90 valence electrons. The minimum Gasteiger partial charge on any atom is -0.468 e. The Hall–Kier alpha value is -1.72. The van der Waals surface area contributed by atoms with E-state index in [0.29, 0.717) is 17.5 Å². The second-order valence-electron chi connectivity index (χ2n) is 3.27. The molecule has 0 aliphatic carbocycles. The van der Waals surface area contributed by atoms with Crippen molar-refractivity contribution in [2.75, 3.05) is 26.1 Å². The lowest BCUT2D eigenvalue weighted by Crippen LogP contribution is -2.12. The van der Waals surface area contributed by atoms with Gasteiger partial charge in [-0.2, -0.15) is 4.98 Å². The molecule has 1 aromatic rings. The summed E-state index contributed by atoms with van der Waals surface area (Å²) in [4.78, 5) is 15.7. The van der Waals surface area contributed by atoms with Gasteiger partial charge in [-0.05, 0) is 6.42 Å². The second kappa shape index (κ2) is 5.39. The van der Waals surface area contributed by atoms with Gasteiger partial charge in [0.2, 0.25) is 0 Å². The van der Waals surface area contributed by atoms with E-state index >= 15 is 0 Å². The average molecular weight is 227 g/mol. The number of ether oxygens (including phenoxy) is 2. The summed E-state index contributed by atoms with van der Waals surface area (Å²) in [5, 5.41) is 3.06. The predicted molar refractivity (Wildman–Crippen MR) is 59.9 cm³/mol. The number of nitrogens with one attached hydrogen (secondary N) is 1. The molecule has 1 aromatic heterocycles. The molecule has 16 heavy (non-hydrogen) atoms. The summed E-state index contributed by atoms with van der Waals surface area (Å²) >= 11 is 0. The summed E-state index contributed by atoms with van der Waals surface area (Å²) in [7, 11) is 4.55. The van der Waals surface area contributed by atoms with E-state index in [1.165, 1.54) is 14.2 Å². The zero-order valence-electron chi connectivity index (χ0n) is 10.0. The highest BCUT2D eigenvalue weighted by Crippen LogP contribution is 2.21. The maximum Gasteiger partial charge on any atom is 0.358 e. The Balaban J connectivity index is 3.09. The van der Waals surface area contributed by atoms with Gasteiger partial charge in [-0.25, -0.2) is 4.79 Å². The van der Waals surface area contributed by atoms with E-state index in [-0.39, 0.29) is 0 Å². The average Bonchev–Trinajstić information content (AvgIpc) is 2.62. The highest BCUT2D eigenvalue weighted by atomic mass is 16.5. The maximum absolute atomic E-state index is 11.6. The first-order valence-corrected chi connectivity index (χ1v) is 5.08. The van der Waals surface area contributed by atoms with E-state index in [0.717, 1.165) is 13.0 Å². The highest BCUT2D eigenvalue weighted by Gasteiger charge is 2.21. The van der Waals surface area contributed by atoms with Crippen LogP contribution in [-0.2, 0) is 11.8 Å². The fourth-order valence-electron chi connectivity index (χ4n) is 1.36. The van der Waals surface area contributed by atoms with Crippen LogP contribution in [0.4, 0.5) is 5.82 Å². The Morgan fingerprint density at radius 1 is 1.50 bits per heavy atom. The third-order valence-electron chi connectivity index (χ3n) is 2.16. The van der Waals surface area contributed by atoms with Crippen LogP contribution in [0.1, 0.15) is 23.8 Å². The van der Waals surface area contributed by atoms with Crippen LogP contribution < -0.4 is 10.1 Å². The zero-order valence-corrected chi connectivity index (χ0v) is 10.0. The molecule has 0 aliphatic rings. The highest BCUT2D eigenvalue weighted by molar-refractivity contribution is 5.93. The van der Waals surface area contributed by atoms with Gasteiger partial charge in [0.05, 0.1) is 14.2 Å². The zero-order chi connectivity index (χ0) is 12.1. The first kappa shape index (κ1) is 12.4. The molecule has 1 N–H and O–H groups in total. The molecule has 0 saturated carbocycles. The summed E-state index contributed by atoms with van der Waals surface area (Å²) in [6.07, 6.45) is 0.944. The second-order valence-corrected chi connectivity index (χ2v) is 3.27. The number of rotatable bonds is 5.